The van der Waals surface area contributed by atoms with Gasteiger partial charge in [-0.25, -0.2) is 8.78 Å². The average Bonchev–Trinajstić information content (AvgIpc) is 3.07. The summed E-state index contributed by atoms with van der Waals surface area (Å²) >= 11 is 1.27. The van der Waals surface area contributed by atoms with E-state index in [0.717, 1.165) is 34.6 Å². The second-order valence-electron chi connectivity index (χ2n) is 5.91. The van der Waals surface area contributed by atoms with E-state index in [1.54, 1.807) is 6.07 Å². The molecule has 0 fully saturated rings. The molecule has 26 heavy (non-hydrogen) atoms. The maximum atomic E-state index is 13.2. The van der Waals surface area contributed by atoms with Gasteiger partial charge in [-0.1, -0.05) is 18.2 Å². The molecule has 134 valence electrons. The van der Waals surface area contributed by atoms with E-state index in [0.29, 0.717) is 11.5 Å². The van der Waals surface area contributed by atoms with E-state index in [1.165, 1.54) is 17.4 Å². The third kappa shape index (κ3) is 4.08. The number of benzene rings is 2. The van der Waals surface area contributed by atoms with Gasteiger partial charge in [0.15, 0.2) is 11.6 Å². The summed E-state index contributed by atoms with van der Waals surface area (Å²) in [6, 6.07) is 10.9. The van der Waals surface area contributed by atoms with Crippen LogP contribution in [0.2, 0.25) is 0 Å². The summed E-state index contributed by atoms with van der Waals surface area (Å²) in [6.07, 6.45) is 0. The zero-order valence-electron chi connectivity index (χ0n) is 14.3. The molecule has 3 aromatic rings. The molecule has 1 heterocycles. The summed E-state index contributed by atoms with van der Waals surface area (Å²) in [6.45, 7) is 4.31. The monoisotopic (exact) mass is 373 g/mol. The van der Waals surface area contributed by atoms with Gasteiger partial charge >= 0.3 is 0 Å². The standard InChI is InChI=1S/C20H17F2NO2S/c1-12-4-3-5-13(2)19(12)25-10-14-8-18(26-11-14)20(24)23-15-6-7-16(21)17(22)9-15/h3-9,11H,10H2,1-2H3,(H,23,24). The highest BCUT2D eigenvalue weighted by Crippen LogP contribution is 2.25. The smallest absolute Gasteiger partial charge is 0.265 e. The van der Waals surface area contributed by atoms with Crippen LogP contribution in [0.3, 0.4) is 0 Å². The number of hydrogen-bond donors (Lipinski definition) is 1. The Balaban J connectivity index is 1.65. The lowest BCUT2D eigenvalue weighted by molar-refractivity contribution is 0.103. The summed E-state index contributed by atoms with van der Waals surface area (Å²) in [5.41, 5.74) is 3.18. The van der Waals surface area contributed by atoms with Gasteiger partial charge in [0.1, 0.15) is 12.4 Å². The van der Waals surface area contributed by atoms with Gasteiger partial charge < -0.3 is 10.1 Å². The number of para-hydroxylation sites is 1. The molecule has 6 heteroatoms. The van der Waals surface area contributed by atoms with Crippen LogP contribution in [-0.2, 0) is 6.61 Å². The zero-order valence-corrected chi connectivity index (χ0v) is 15.1. The first kappa shape index (κ1) is 18.1. The Bertz CT molecular complexity index is 932. The summed E-state index contributed by atoms with van der Waals surface area (Å²) in [7, 11) is 0. The second-order valence-corrected chi connectivity index (χ2v) is 6.82. The molecule has 0 aliphatic rings. The van der Waals surface area contributed by atoms with Crippen LogP contribution >= 0.6 is 11.3 Å². The molecule has 0 aliphatic carbocycles. The highest BCUT2D eigenvalue weighted by atomic mass is 32.1. The first-order valence-electron chi connectivity index (χ1n) is 7.97. The van der Waals surface area contributed by atoms with Gasteiger partial charge in [0.25, 0.3) is 5.91 Å². The molecule has 1 aromatic heterocycles. The fraction of sp³-hybridized carbons (Fsp3) is 0.150. The number of thiophene rings is 1. The van der Waals surface area contributed by atoms with Crippen molar-refractivity contribution in [1.82, 2.24) is 0 Å². The molecule has 3 nitrogen and oxygen atoms in total. The minimum absolute atomic E-state index is 0.204. The number of amides is 1. The Kier molecular flexibility index (Phi) is 5.32. The summed E-state index contributed by atoms with van der Waals surface area (Å²) in [5, 5.41) is 4.40. The normalized spacial score (nSPS) is 10.6. The van der Waals surface area contributed by atoms with Crippen LogP contribution in [0.4, 0.5) is 14.5 Å². The Morgan fingerprint density at radius 3 is 2.50 bits per heavy atom. The Morgan fingerprint density at radius 1 is 1.08 bits per heavy atom. The zero-order chi connectivity index (χ0) is 18.7. The van der Waals surface area contributed by atoms with E-state index in [4.69, 9.17) is 4.74 Å². The number of aryl methyl sites for hydroxylation is 2. The first-order valence-corrected chi connectivity index (χ1v) is 8.85. The molecule has 1 N–H and O–H groups in total. The van der Waals surface area contributed by atoms with Gasteiger partial charge in [-0.05, 0) is 48.6 Å². The first-order chi connectivity index (χ1) is 12.4. The SMILES string of the molecule is Cc1cccc(C)c1OCc1csc(C(=O)Nc2ccc(F)c(F)c2)c1. The molecule has 3 rings (SSSR count). The van der Waals surface area contributed by atoms with Gasteiger partial charge in [0, 0.05) is 17.3 Å². The van der Waals surface area contributed by atoms with Crippen molar-refractivity contribution in [3.05, 3.63) is 81.0 Å². The van der Waals surface area contributed by atoms with Crippen molar-refractivity contribution >= 4 is 22.9 Å². The van der Waals surface area contributed by atoms with Crippen molar-refractivity contribution in [2.45, 2.75) is 20.5 Å². The topological polar surface area (TPSA) is 38.3 Å². The van der Waals surface area contributed by atoms with E-state index in [9.17, 15) is 13.6 Å². The minimum atomic E-state index is -1.00. The molecule has 0 radical (unpaired) electrons. The molecule has 0 aliphatic heterocycles. The number of carbonyl (C=O) groups excluding carboxylic acids is 1. The number of anilines is 1. The molecule has 1 amide bonds. The van der Waals surface area contributed by atoms with Crippen LogP contribution < -0.4 is 10.1 Å². The molecule has 2 aromatic carbocycles. The quantitative estimate of drug-likeness (QED) is 0.644. The summed E-state index contributed by atoms with van der Waals surface area (Å²) < 4.78 is 32.0. The lowest BCUT2D eigenvalue weighted by Crippen LogP contribution is -2.10. The Morgan fingerprint density at radius 2 is 1.81 bits per heavy atom. The van der Waals surface area contributed by atoms with Crippen molar-refractivity contribution in [1.29, 1.82) is 0 Å². The number of nitrogens with one attached hydrogen (secondary N) is 1. The van der Waals surface area contributed by atoms with Crippen LogP contribution in [-0.4, -0.2) is 5.91 Å². The molecular formula is C20H17F2NO2S. The van der Waals surface area contributed by atoms with E-state index in [1.807, 2.05) is 37.4 Å². The van der Waals surface area contributed by atoms with Crippen molar-refractivity contribution in [3.8, 4) is 5.75 Å². The van der Waals surface area contributed by atoms with Crippen LogP contribution in [0.25, 0.3) is 0 Å². The largest absolute Gasteiger partial charge is 0.488 e. The third-order valence-corrected chi connectivity index (χ3v) is 4.82. The minimum Gasteiger partial charge on any atom is -0.488 e. The summed E-state index contributed by atoms with van der Waals surface area (Å²) in [5.74, 6) is -1.49. The van der Waals surface area contributed by atoms with Crippen LogP contribution in [0.15, 0.2) is 47.8 Å². The fourth-order valence-electron chi connectivity index (χ4n) is 2.52. The van der Waals surface area contributed by atoms with Gasteiger partial charge in [0.2, 0.25) is 0 Å². The summed E-state index contributed by atoms with van der Waals surface area (Å²) in [4.78, 5) is 12.7. The number of ether oxygens (including phenoxy) is 1. The van der Waals surface area contributed by atoms with Crippen molar-refractivity contribution in [2.24, 2.45) is 0 Å². The number of hydrogen-bond acceptors (Lipinski definition) is 3. The number of rotatable bonds is 5. The van der Waals surface area contributed by atoms with Crippen LogP contribution in [0.5, 0.6) is 5.75 Å². The van der Waals surface area contributed by atoms with Gasteiger partial charge in [-0.15, -0.1) is 11.3 Å². The molecule has 0 atom stereocenters. The average molecular weight is 373 g/mol. The van der Waals surface area contributed by atoms with E-state index < -0.39 is 11.6 Å². The molecule has 0 saturated heterocycles. The Labute approximate surface area is 154 Å². The predicted molar refractivity (Wildman–Crippen MR) is 98.9 cm³/mol. The number of carbonyl (C=O) groups is 1. The van der Waals surface area contributed by atoms with Crippen LogP contribution in [0, 0.1) is 25.5 Å². The van der Waals surface area contributed by atoms with Crippen molar-refractivity contribution in [3.63, 3.8) is 0 Å². The molecule has 0 bridgehead atoms. The molecule has 0 saturated carbocycles. The second kappa shape index (κ2) is 7.66. The highest BCUT2D eigenvalue weighted by Gasteiger charge is 2.12. The van der Waals surface area contributed by atoms with Crippen molar-refractivity contribution in [2.75, 3.05) is 5.32 Å². The van der Waals surface area contributed by atoms with E-state index >= 15 is 0 Å². The van der Waals surface area contributed by atoms with Crippen molar-refractivity contribution < 1.29 is 18.3 Å². The fourth-order valence-corrected chi connectivity index (χ4v) is 3.31. The Hall–Kier alpha value is -2.73. The van der Waals surface area contributed by atoms with E-state index in [2.05, 4.69) is 5.32 Å². The van der Waals surface area contributed by atoms with Gasteiger partial charge in [-0.3, -0.25) is 4.79 Å². The van der Waals surface area contributed by atoms with Gasteiger partial charge in [0.05, 0.1) is 4.88 Å². The molecule has 0 unspecified atom stereocenters. The lowest BCUT2D eigenvalue weighted by atomic mass is 10.1. The molecular weight excluding hydrogens is 356 g/mol. The maximum Gasteiger partial charge on any atom is 0.265 e. The lowest BCUT2D eigenvalue weighted by Gasteiger charge is -2.10. The molecule has 0 spiro atoms. The number of halogens is 2. The third-order valence-electron chi connectivity index (χ3n) is 3.85. The van der Waals surface area contributed by atoms with Crippen LogP contribution in [0.1, 0.15) is 26.4 Å². The highest BCUT2D eigenvalue weighted by molar-refractivity contribution is 7.12. The van der Waals surface area contributed by atoms with E-state index in [-0.39, 0.29) is 11.6 Å². The maximum absolute atomic E-state index is 13.2. The van der Waals surface area contributed by atoms with Gasteiger partial charge in [-0.2, -0.15) is 0 Å². The predicted octanol–water partition coefficient (Wildman–Crippen LogP) is 5.47.